The van der Waals surface area contributed by atoms with Gasteiger partial charge in [0.2, 0.25) is 0 Å². The molecule has 4 rings (SSSR count). The van der Waals surface area contributed by atoms with Crippen molar-refractivity contribution in [1.29, 1.82) is 0 Å². The molecule has 0 nitrogen and oxygen atoms in total. The van der Waals surface area contributed by atoms with Gasteiger partial charge in [-0.1, -0.05) is 0 Å². The Morgan fingerprint density at radius 1 is 0.393 bits per heavy atom. The standard InChI is InChI=1S/C27H27P/c1-21-13-7-10-18-25(21)28(24-16-5-4-6-17-24,26-19-11-8-14-22(26)2)27-20-12-9-15-23(27)3/h4-20,28H,1-3H3. The van der Waals surface area contributed by atoms with Gasteiger partial charge in [0.15, 0.2) is 0 Å². The van der Waals surface area contributed by atoms with Crippen LogP contribution in [0.5, 0.6) is 0 Å². The van der Waals surface area contributed by atoms with Gasteiger partial charge in [0.05, 0.1) is 0 Å². The normalized spacial score (nSPS) is 12.0. The maximum absolute atomic E-state index is 2.43. The van der Waals surface area contributed by atoms with Crippen LogP contribution in [-0.4, -0.2) is 0 Å². The molecule has 0 spiro atoms. The van der Waals surface area contributed by atoms with Crippen molar-refractivity contribution < 1.29 is 0 Å². The van der Waals surface area contributed by atoms with Gasteiger partial charge in [0.1, 0.15) is 0 Å². The van der Waals surface area contributed by atoms with Crippen molar-refractivity contribution in [1.82, 2.24) is 0 Å². The topological polar surface area (TPSA) is 0 Å². The molecular weight excluding hydrogens is 355 g/mol. The van der Waals surface area contributed by atoms with Crippen LogP contribution in [0, 0.1) is 20.8 Å². The van der Waals surface area contributed by atoms with E-state index < -0.39 is 7.26 Å². The third kappa shape index (κ3) is 2.99. The van der Waals surface area contributed by atoms with Crippen LogP contribution in [0.25, 0.3) is 0 Å². The Hall–Kier alpha value is -2.69. The summed E-state index contributed by atoms with van der Waals surface area (Å²) in [7, 11) is -2.43. The summed E-state index contributed by atoms with van der Waals surface area (Å²) in [4.78, 5) is 0. The summed E-state index contributed by atoms with van der Waals surface area (Å²) in [6, 6.07) is 38.0. The van der Waals surface area contributed by atoms with Crippen LogP contribution in [0.3, 0.4) is 0 Å². The van der Waals surface area contributed by atoms with E-state index in [1.54, 1.807) is 0 Å². The first-order valence-corrected chi connectivity index (χ1v) is 11.9. The zero-order valence-corrected chi connectivity index (χ0v) is 17.8. The molecule has 0 aliphatic carbocycles. The van der Waals surface area contributed by atoms with Crippen LogP contribution >= 0.6 is 7.26 Å². The summed E-state index contributed by atoms with van der Waals surface area (Å²) in [6.45, 7) is 6.78. The second-order valence-corrected chi connectivity index (χ2v) is 11.3. The van der Waals surface area contributed by atoms with Gasteiger partial charge in [-0.15, -0.1) is 0 Å². The second-order valence-electron chi connectivity index (χ2n) is 7.56. The van der Waals surface area contributed by atoms with Gasteiger partial charge in [0.25, 0.3) is 0 Å². The Kier molecular flexibility index (Phi) is 5.16. The fourth-order valence-electron chi connectivity index (χ4n) is 4.57. The molecule has 0 bridgehead atoms. The summed E-state index contributed by atoms with van der Waals surface area (Å²) < 4.78 is 0. The third-order valence-corrected chi connectivity index (χ3v) is 11.2. The number of benzene rings is 4. The van der Waals surface area contributed by atoms with Crippen molar-refractivity contribution >= 4 is 28.5 Å². The molecule has 0 aliphatic rings. The van der Waals surface area contributed by atoms with Crippen LogP contribution in [0.15, 0.2) is 103 Å². The van der Waals surface area contributed by atoms with Gasteiger partial charge in [-0.05, 0) is 0 Å². The molecule has 0 unspecified atom stereocenters. The van der Waals surface area contributed by atoms with Gasteiger partial charge in [-0.2, -0.15) is 0 Å². The summed E-state index contributed by atoms with van der Waals surface area (Å²) >= 11 is 0. The SMILES string of the molecule is Cc1ccccc1[PH](c1ccccc1)(c1ccccc1C)c1ccccc1C. The summed E-state index contributed by atoms with van der Waals surface area (Å²) in [5, 5.41) is 5.87. The van der Waals surface area contributed by atoms with Gasteiger partial charge < -0.3 is 0 Å². The van der Waals surface area contributed by atoms with E-state index in [2.05, 4.69) is 124 Å². The molecule has 4 aromatic rings. The first kappa shape index (κ1) is 18.7. The Morgan fingerprint density at radius 3 is 1.07 bits per heavy atom. The average molecular weight is 382 g/mol. The summed E-state index contributed by atoms with van der Waals surface area (Å²) in [5.74, 6) is 0. The van der Waals surface area contributed by atoms with Crippen LogP contribution in [0.2, 0.25) is 0 Å². The van der Waals surface area contributed by atoms with Gasteiger partial charge >= 0.3 is 169 Å². The molecule has 0 saturated carbocycles. The average Bonchev–Trinajstić information content (AvgIpc) is 2.73. The van der Waals surface area contributed by atoms with E-state index in [-0.39, 0.29) is 0 Å². The molecule has 140 valence electrons. The number of hydrogen-bond donors (Lipinski definition) is 0. The molecular formula is C27H27P. The van der Waals surface area contributed by atoms with Crippen LogP contribution < -0.4 is 21.2 Å². The van der Waals surface area contributed by atoms with Crippen LogP contribution in [-0.2, 0) is 0 Å². The van der Waals surface area contributed by atoms with Gasteiger partial charge in [-0.25, -0.2) is 0 Å². The zero-order valence-electron chi connectivity index (χ0n) is 16.8. The van der Waals surface area contributed by atoms with Gasteiger partial charge in [-0.3, -0.25) is 0 Å². The summed E-state index contributed by atoms with van der Waals surface area (Å²) in [5.41, 5.74) is 4.10. The van der Waals surface area contributed by atoms with Crippen LogP contribution in [0.1, 0.15) is 16.7 Å². The Labute approximate surface area is 169 Å². The molecule has 0 amide bonds. The molecule has 0 radical (unpaired) electrons. The number of aryl methyl sites for hydroxylation is 3. The van der Waals surface area contributed by atoms with Crippen molar-refractivity contribution in [3.8, 4) is 0 Å². The predicted octanol–water partition coefficient (Wildman–Crippen LogP) is 4.96. The van der Waals surface area contributed by atoms with E-state index in [0.29, 0.717) is 0 Å². The third-order valence-electron chi connectivity index (χ3n) is 5.85. The first-order chi connectivity index (χ1) is 13.7. The van der Waals surface area contributed by atoms with Crippen molar-refractivity contribution in [2.24, 2.45) is 0 Å². The Bertz CT molecular complexity index is 985. The fourth-order valence-corrected chi connectivity index (χ4v) is 10.1. The second kappa shape index (κ2) is 7.74. The van der Waals surface area contributed by atoms with Crippen molar-refractivity contribution in [2.45, 2.75) is 20.8 Å². The molecule has 0 heterocycles. The molecule has 0 N–H and O–H groups in total. The minimum atomic E-state index is -2.43. The van der Waals surface area contributed by atoms with E-state index >= 15 is 0 Å². The monoisotopic (exact) mass is 382 g/mol. The van der Waals surface area contributed by atoms with E-state index in [4.69, 9.17) is 0 Å². The quantitative estimate of drug-likeness (QED) is 0.438. The Morgan fingerprint density at radius 2 is 0.714 bits per heavy atom. The number of hydrogen-bond acceptors (Lipinski definition) is 0. The van der Waals surface area contributed by atoms with Crippen molar-refractivity contribution in [3.05, 3.63) is 120 Å². The van der Waals surface area contributed by atoms with E-state index in [9.17, 15) is 0 Å². The predicted molar refractivity (Wildman–Crippen MR) is 127 cm³/mol. The molecule has 1 heteroatoms. The Balaban J connectivity index is 2.24. The van der Waals surface area contributed by atoms with E-state index in [0.717, 1.165) is 0 Å². The fraction of sp³-hybridized carbons (Fsp3) is 0.111. The van der Waals surface area contributed by atoms with Gasteiger partial charge in [0, 0.05) is 0 Å². The van der Waals surface area contributed by atoms with E-state index in [1.807, 2.05) is 0 Å². The molecule has 0 aromatic heterocycles. The zero-order chi connectivity index (χ0) is 19.6. The molecule has 0 aliphatic heterocycles. The van der Waals surface area contributed by atoms with Crippen molar-refractivity contribution in [2.75, 3.05) is 0 Å². The molecule has 0 fully saturated rings. The molecule has 4 aromatic carbocycles. The molecule has 0 saturated heterocycles. The van der Waals surface area contributed by atoms with E-state index in [1.165, 1.54) is 37.9 Å². The van der Waals surface area contributed by atoms with Crippen molar-refractivity contribution in [3.63, 3.8) is 0 Å². The van der Waals surface area contributed by atoms with Crippen LogP contribution in [0.4, 0.5) is 0 Å². The number of rotatable bonds is 4. The molecule has 0 atom stereocenters. The molecule has 28 heavy (non-hydrogen) atoms. The minimum absolute atomic E-state index is 1.37. The summed E-state index contributed by atoms with van der Waals surface area (Å²) in [6.07, 6.45) is 0. The first-order valence-electron chi connectivity index (χ1n) is 9.89. The maximum atomic E-state index is 2.35.